The Morgan fingerprint density at radius 3 is 2.31 bits per heavy atom. The molecule has 3 nitrogen and oxygen atoms in total. The van der Waals surface area contributed by atoms with E-state index in [1.54, 1.807) is 12.1 Å². The molecule has 0 aliphatic heterocycles. The zero-order valence-corrected chi connectivity index (χ0v) is 16.7. The van der Waals surface area contributed by atoms with Gasteiger partial charge in [0.1, 0.15) is 11.6 Å². The normalized spacial score (nSPS) is 10.6. The van der Waals surface area contributed by atoms with Crippen LogP contribution in [-0.2, 0) is 17.6 Å². The van der Waals surface area contributed by atoms with E-state index in [1.165, 1.54) is 11.6 Å². The molecule has 0 aromatic heterocycles. The Bertz CT molecular complexity index is 920. The fraction of sp³-hybridized carbons (Fsp3) is 0.240. The average Bonchev–Trinajstić information content (AvgIpc) is 2.74. The number of halogens is 1. The molecule has 4 heteroatoms. The van der Waals surface area contributed by atoms with Crippen molar-refractivity contribution in [3.8, 4) is 16.9 Å². The first kappa shape index (κ1) is 20.6. The second-order valence-electron chi connectivity index (χ2n) is 6.88. The third-order valence-corrected chi connectivity index (χ3v) is 4.70. The van der Waals surface area contributed by atoms with Crippen LogP contribution in [0.3, 0.4) is 0 Å². The van der Waals surface area contributed by atoms with Crippen LogP contribution in [0.4, 0.5) is 4.39 Å². The second-order valence-corrected chi connectivity index (χ2v) is 6.88. The number of amides is 1. The summed E-state index contributed by atoms with van der Waals surface area (Å²) in [5.41, 5.74) is 3.62. The molecule has 1 amide bonds. The first-order chi connectivity index (χ1) is 14.2. The maximum Gasteiger partial charge on any atom is 0.224 e. The van der Waals surface area contributed by atoms with Crippen molar-refractivity contribution < 1.29 is 13.9 Å². The number of benzene rings is 3. The molecule has 0 aliphatic rings. The van der Waals surface area contributed by atoms with Gasteiger partial charge in [-0.2, -0.15) is 0 Å². The highest BCUT2D eigenvalue weighted by Crippen LogP contribution is 2.23. The predicted molar refractivity (Wildman–Crippen MR) is 114 cm³/mol. The molecule has 0 unspecified atom stereocenters. The van der Waals surface area contributed by atoms with Crippen molar-refractivity contribution in [1.82, 2.24) is 5.32 Å². The van der Waals surface area contributed by atoms with Gasteiger partial charge in [-0.25, -0.2) is 4.39 Å². The van der Waals surface area contributed by atoms with Gasteiger partial charge in [0.15, 0.2) is 0 Å². The van der Waals surface area contributed by atoms with Crippen molar-refractivity contribution in [3.63, 3.8) is 0 Å². The maximum atomic E-state index is 13.9. The predicted octanol–water partition coefficient (Wildman–Crippen LogP) is 5.18. The molecule has 150 valence electrons. The van der Waals surface area contributed by atoms with Gasteiger partial charge in [-0.15, -0.1) is 0 Å². The van der Waals surface area contributed by atoms with E-state index in [0.717, 1.165) is 29.7 Å². The van der Waals surface area contributed by atoms with Crippen molar-refractivity contribution in [2.24, 2.45) is 0 Å². The number of carbonyl (C=O) groups is 1. The van der Waals surface area contributed by atoms with E-state index in [-0.39, 0.29) is 11.7 Å². The molecule has 0 spiro atoms. The highest BCUT2D eigenvalue weighted by molar-refractivity contribution is 5.78. The number of carbonyl (C=O) groups excluding carboxylic acids is 1. The fourth-order valence-electron chi connectivity index (χ4n) is 3.18. The van der Waals surface area contributed by atoms with Gasteiger partial charge in [0, 0.05) is 12.1 Å². The number of hydrogen-bond donors (Lipinski definition) is 1. The zero-order valence-electron chi connectivity index (χ0n) is 16.7. The smallest absolute Gasteiger partial charge is 0.224 e. The third kappa shape index (κ3) is 6.18. The van der Waals surface area contributed by atoms with Crippen LogP contribution in [0.25, 0.3) is 11.1 Å². The Balaban J connectivity index is 1.41. The lowest BCUT2D eigenvalue weighted by molar-refractivity contribution is -0.120. The van der Waals surface area contributed by atoms with Crippen molar-refractivity contribution in [3.05, 3.63) is 89.7 Å². The van der Waals surface area contributed by atoms with Crippen LogP contribution >= 0.6 is 0 Å². The third-order valence-electron chi connectivity index (χ3n) is 4.70. The van der Waals surface area contributed by atoms with Crippen molar-refractivity contribution >= 4 is 5.91 Å². The molecule has 0 heterocycles. The van der Waals surface area contributed by atoms with Gasteiger partial charge >= 0.3 is 0 Å². The molecule has 29 heavy (non-hydrogen) atoms. The Kier molecular flexibility index (Phi) is 7.40. The van der Waals surface area contributed by atoms with Crippen LogP contribution in [0.5, 0.6) is 5.75 Å². The van der Waals surface area contributed by atoms with E-state index in [0.29, 0.717) is 25.1 Å². The van der Waals surface area contributed by atoms with E-state index in [4.69, 9.17) is 4.74 Å². The quantitative estimate of drug-likeness (QED) is 0.510. The van der Waals surface area contributed by atoms with Gasteiger partial charge in [-0.3, -0.25) is 4.79 Å². The minimum absolute atomic E-state index is 0.0176. The number of nitrogens with one attached hydrogen (secondary N) is 1. The van der Waals surface area contributed by atoms with E-state index < -0.39 is 0 Å². The van der Waals surface area contributed by atoms with Gasteiger partial charge in [0.25, 0.3) is 0 Å². The van der Waals surface area contributed by atoms with Crippen LogP contribution in [0.2, 0.25) is 0 Å². The lowest BCUT2D eigenvalue weighted by Gasteiger charge is -2.08. The summed E-state index contributed by atoms with van der Waals surface area (Å²) >= 11 is 0. The molecule has 0 bridgehead atoms. The highest BCUT2D eigenvalue weighted by Gasteiger charge is 2.05. The summed E-state index contributed by atoms with van der Waals surface area (Å²) in [4.78, 5) is 12.1. The monoisotopic (exact) mass is 391 g/mol. The SMILES string of the molecule is CCOc1ccc(CC(=O)NCCCc2ccc(-c3ccccc3F)cc2)cc1. The summed E-state index contributed by atoms with van der Waals surface area (Å²) in [6.45, 7) is 3.20. The molecule has 3 aromatic rings. The lowest BCUT2D eigenvalue weighted by Crippen LogP contribution is -2.26. The Morgan fingerprint density at radius 2 is 1.62 bits per heavy atom. The van der Waals surface area contributed by atoms with Crippen LogP contribution < -0.4 is 10.1 Å². The second kappa shape index (κ2) is 10.4. The fourth-order valence-corrected chi connectivity index (χ4v) is 3.18. The summed E-state index contributed by atoms with van der Waals surface area (Å²) in [6, 6.07) is 22.3. The number of rotatable bonds is 9. The zero-order chi connectivity index (χ0) is 20.5. The molecule has 3 aromatic carbocycles. The summed E-state index contributed by atoms with van der Waals surface area (Å²) in [6.07, 6.45) is 2.08. The summed E-state index contributed by atoms with van der Waals surface area (Å²) in [5, 5.41) is 2.97. The topological polar surface area (TPSA) is 38.3 Å². The first-order valence-corrected chi connectivity index (χ1v) is 9.98. The van der Waals surface area contributed by atoms with Gasteiger partial charge in [-0.05, 0) is 54.7 Å². The standard InChI is InChI=1S/C25H26FNO2/c1-2-29-22-15-11-20(12-16-22)18-25(28)27-17-5-6-19-9-13-21(14-10-19)23-7-3-4-8-24(23)26/h3-4,7-16H,2,5-6,17-18H2,1H3,(H,27,28). The van der Waals surface area contributed by atoms with Gasteiger partial charge in [-0.1, -0.05) is 54.6 Å². The average molecular weight is 391 g/mol. The highest BCUT2D eigenvalue weighted by atomic mass is 19.1. The van der Waals surface area contributed by atoms with Crippen LogP contribution in [0.15, 0.2) is 72.8 Å². The molecule has 0 saturated carbocycles. The lowest BCUT2D eigenvalue weighted by atomic mass is 10.0. The Labute approximate surface area is 171 Å². The molecule has 0 radical (unpaired) electrons. The molecule has 0 aliphatic carbocycles. The summed E-state index contributed by atoms with van der Waals surface area (Å²) in [5.74, 6) is 0.622. The number of ether oxygens (including phenoxy) is 1. The molecule has 0 saturated heterocycles. The Morgan fingerprint density at radius 1 is 0.931 bits per heavy atom. The first-order valence-electron chi connectivity index (χ1n) is 9.98. The molecule has 0 fully saturated rings. The molecule has 0 atom stereocenters. The Hall–Kier alpha value is -3.14. The van der Waals surface area contributed by atoms with E-state index in [9.17, 15) is 9.18 Å². The number of hydrogen-bond acceptors (Lipinski definition) is 2. The van der Waals surface area contributed by atoms with E-state index in [1.807, 2.05) is 61.5 Å². The largest absolute Gasteiger partial charge is 0.494 e. The molecular formula is C25H26FNO2. The van der Waals surface area contributed by atoms with Gasteiger partial charge in [0.2, 0.25) is 5.91 Å². The minimum atomic E-state index is -0.213. The van der Waals surface area contributed by atoms with Crippen molar-refractivity contribution in [2.75, 3.05) is 13.2 Å². The van der Waals surface area contributed by atoms with Crippen LogP contribution in [0.1, 0.15) is 24.5 Å². The van der Waals surface area contributed by atoms with E-state index in [2.05, 4.69) is 5.32 Å². The summed E-state index contributed by atoms with van der Waals surface area (Å²) in [7, 11) is 0. The molecular weight excluding hydrogens is 365 g/mol. The minimum Gasteiger partial charge on any atom is -0.494 e. The van der Waals surface area contributed by atoms with Crippen LogP contribution in [0, 0.1) is 5.82 Å². The maximum absolute atomic E-state index is 13.9. The van der Waals surface area contributed by atoms with E-state index >= 15 is 0 Å². The van der Waals surface area contributed by atoms with Crippen molar-refractivity contribution in [2.45, 2.75) is 26.2 Å². The molecule has 3 rings (SSSR count). The van der Waals surface area contributed by atoms with Crippen molar-refractivity contribution in [1.29, 1.82) is 0 Å². The summed E-state index contributed by atoms with van der Waals surface area (Å²) < 4.78 is 19.3. The van der Waals surface area contributed by atoms with Gasteiger partial charge in [0.05, 0.1) is 13.0 Å². The molecule has 1 N–H and O–H groups in total. The number of aryl methyl sites for hydroxylation is 1. The van der Waals surface area contributed by atoms with Crippen LogP contribution in [-0.4, -0.2) is 19.1 Å². The van der Waals surface area contributed by atoms with Gasteiger partial charge < -0.3 is 10.1 Å².